The zero-order valence-corrected chi connectivity index (χ0v) is 10.7. The first-order valence-electron chi connectivity index (χ1n) is 5.08. The molecule has 0 heterocycles. The smallest absolute Gasteiger partial charge is 0.337 e. The topological polar surface area (TPSA) is 55.8 Å². The Bertz CT molecular complexity index is 211. The molecule has 0 aliphatic heterocycles. The Morgan fingerprint density at radius 2 is 2.27 bits per heavy atom. The van der Waals surface area contributed by atoms with Crippen molar-refractivity contribution < 1.29 is 18.8 Å². The Labute approximate surface area is 92.1 Å². The third-order valence-electron chi connectivity index (χ3n) is 2.04. The summed E-state index contributed by atoms with van der Waals surface area (Å²) in [5.41, 5.74) is 0. The lowest BCUT2D eigenvalue weighted by Gasteiger charge is -2.28. The monoisotopic (exact) mass is 232 g/mol. The molecule has 0 aromatic heterocycles. The maximum atomic E-state index is 11.3. The molecule has 2 atom stereocenters. The molecule has 0 fully saturated rings. The molecule has 0 spiro atoms. The van der Waals surface area contributed by atoms with Crippen molar-refractivity contribution in [3.8, 4) is 0 Å². The third-order valence-corrected chi connectivity index (χ3v) is 4.93. The van der Waals surface area contributed by atoms with E-state index < -0.39 is 14.7 Å². The van der Waals surface area contributed by atoms with Gasteiger partial charge in [-0.05, 0) is 26.5 Å². The molecule has 0 aromatic rings. The second-order valence-electron chi connectivity index (χ2n) is 3.41. The van der Waals surface area contributed by atoms with Crippen LogP contribution < -0.4 is 0 Å². The fourth-order valence-corrected chi connectivity index (χ4v) is 3.48. The van der Waals surface area contributed by atoms with E-state index in [1.807, 2.05) is 13.5 Å². The van der Waals surface area contributed by atoms with Crippen LogP contribution in [0.2, 0.25) is 12.6 Å². The van der Waals surface area contributed by atoms with Gasteiger partial charge in [0.1, 0.15) is 6.10 Å². The first-order chi connectivity index (χ1) is 6.99. The van der Waals surface area contributed by atoms with Crippen LogP contribution >= 0.6 is 0 Å². The highest BCUT2D eigenvalue weighted by Gasteiger charge is 2.33. The van der Waals surface area contributed by atoms with E-state index in [4.69, 9.17) is 14.0 Å². The molecule has 4 nitrogen and oxygen atoms in total. The van der Waals surface area contributed by atoms with Crippen LogP contribution in [0.5, 0.6) is 0 Å². The lowest BCUT2D eigenvalue weighted by molar-refractivity contribution is -0.121. The SMILES string of the molecule is C=CC(=O)C(C)O[Si](C)(CCO)OCC. The minimum atomic E-state index is -2.41. The summed E-state index contributed by atoms with van der Waals surface area (Å²) in [7, 11) is -2.41. The fourth-order valence-electron chi connectivity index (χ4n) is 1.27. The van der Waals surface area contributed by atoms with Crippen molar-refractivity contribution in [3.63, 3.8) is 0 Å². The van der Waals surface area contributed by atoms with Crippen molar-refractivity contribution in [2.75, 3.05) is 13.2 Å². The summed E-state index contributed by atoms with van der Waals surface area (Å²) in [5, 5.41) is 8.91. The molecule has 0 amide bonds. The number of rotatable bonds is 8. The summed E-state index contributed by atoms with van der Waals surface area (Å²) in [6.07, 6.45) is 0.696. The summed E-state index contributed by atoms with van der Waals surface area (Å²) in [6, 6.07) is 0.468. The van der Waals surface area contributed by atoms with Crippen LogP contribution in [0.25, 0.3) is 0 Å². The van der Waals surface area contributed by atoms with E-state index >= 15 is 0 Å². The van der Waals surface area contributed by atoms with Crippen LogP contribution in [0.15, 0.2) is 12.7 Å². The van der Waals surface area contributed by atoms with E-state index in [0.717, 1.165) is 0 Å². The van der Waals surface area contributed by atoms with Crippen molar-refractivity contribution in [3.05, 3.63) is 12.7 Å². The van der Waals surface area contributed by atoms with Gasteiger partial charge in [0.2, 0.25) is 0 Å². The van der Waals surface area contributed by atoms with Gasteiger partial charge < -0.3 is 14.0 Å². The molecular weight excluding hydrogens is 212 g/mol. The van der Waals surface area contributed by atoms with E-state index in [9.17, 15) is 4.79 Å². The third kappa shape index (κ3) is 5.22. The van der Waals surface area contributed by atoms with Crippen molar-refractivity contribution in [1.29, 1.82) is 0 Å². The predicted octanol–water partition coefficient (Wildman–Crippen LogP) is 1.25. The second kappa shape index (κ2) is 6.89. The molecule has 0 aliphatic rings. The molecule has 0 saturated carbocycles. The van der Waals surface area contributed by atoms with Gasteiger partial charge in [-0.3, -0.25) is 4.79 Å². The van der Waals surface area contributed by atoms with Crippen LogP contribution in [-0.4, -0.2) is 38.8 Å². The molecular formula is C10H20O4Si. The van der Waals surface area contributed by atoms with Crippen molar-refractivity contribution in [2.45, 2.75) is 32.5 Å². The maximum Gasteiger partial charge on any atom is 0.337 e. The van der Waals surface area contributed by atoms with Gasteiger partial charge >= 0.3 is 8.56 Å². The summed E-state index contributed by atoms with van der Waals surface area (Å²) < 4.78 is 11.1. The lowest BCUT2D eigenvalue weighted by Crippen LogP contribution is -2.44. The van der Waals surface area contributed by atoms with Crippen LogP contribution in [-0.2, 0) is 13.6 Å². The Morgan fingerprint density at radius 1 is 1.67 bits per heavy atom. The lowest BCUT2D eigenvalue weighted by atomic mass is 10.3. The zero-order valence-electron chi connectivity index (χ0n) is 9.66. The summed E-state index contributed by atoms with van der Waals surface area (Å²) >= 11 is 0. The van der Waals surface area contributed by atoms with Gasteiger partial charge in [0.25, 0.3) is 0 Å². The summed E-state index contributed by atoms with van der Waals surface area (Å²) in [6.45, 7) is 9.32. The number of hydrogen-bond donors (Lipinski definition) is 1. The predicted molar refractivity (Wildman–Crippen MR) is 60.9 cm³/mol. The van der Waals surface area contributed by atoms with E-state index in [1.165, 1.54) is 6.08 Å². The first kappa shape index (κ1) is 14.5. The first-order valence-corrected chi connectivity index (χ1v) is 7.60. The van der Waals surface area contributed by atoms with Crippen molar-refractivity contribution in [2.24, 2.45) is 0 Å². The molecule has 0 aromatic carbocycles. The number of aliphatic hydroxyl groups is 1. The number of hydrogen-bond acceptors (Lipinski definition) is 4. The van der Waals surface area contributed by atoms with Crippen LogP contribution in [0, 0.1) is 0 Å². The zero-order chi connectivity index (χ0) is 11.9. The number of carbonyl (C=O) groups excluding carboxylic acids is 1. The molecule has 1 N–H and O–H groups in total. The van der Waals surface area contributed by atoms with Gasteiger partial charge in [0.15, 0.2) is 5.78 Å². The quantitative estimate of drug-likeness (QED) is 0.505. The molecule has 0 bridgehead atoms. The molecule has 0 rings (SSSR count). The fraction of sp³-hybridized carbons (Fsp3) is 0.700. The number of aliphatic hydroxyl groups excluding tert-OH is 1. The Balaban J connectivity index is 4.38. The molecule has 15 heavy (non-hydrogen) atoms. The van der Waals surface area contributed by atoms with Crippen LogP contribution in [0.3, 0.4) is 0 Å². The average Bonchev–Trinajstić information content (AvgIpc) is 2.16. The van der Waals surface area contributed by atoms with Crippen molar-refractivity contribution >= 4 is 14.3 Å². The maximum absolute atomic E-state index is 11.3. The minimum absolute atomic E-state index is 0.0116. The van der Waals surface area contributed by atoms with Crippen molar-refractivity contribution in [1.82, 2.24) is 0 Å². The van der Waals surface area contributed by atoms with Crippen LogP contribution in [0.1, 0.15) is 13.8 Å². The van der Waals surface area contributed by atoms with E-state index in [0.29, 0.717) is 12.7 Å². The van der Waals surface area contributed by atoms with E-state index in [-0.39, 0.29) is 12.4 Å². The van der Waals surface area contributed by atoms with Crippen LogP contribution in [0.4, 0.5) is 0 Å². The molecule has 5 heteroatoms. The molecule has 2 unspecified atom stereocenters. The summed E-state index contributed by atoms with van der Waals surface area (Å²) in [4.78, 5) is 11.3. The largest absolute Gasteiger partial charge is 0.396 e. The molecule has 0 saturated heterocycles. The highest BCUT2D eigenvalue weighted by Crippen LogP contribution is 2.16. The van der Waals surface area contributed by atoms with E-state index in [2.05, 4.69) is 6.58 Å². The van der Waals surface area contributed by atoms with Gasteiger partial charge in [0, 0.05) is 19.3 Å². The minimum Gasteiger partial charge on any atom is -0.396 e. The normalized spacial score (nSPS) is 16.8. The van der Waals surface area contributed by atoms with Gasteiger partial charge in [-0.15, -0.1) is 0 Å². The van der Waals surface area contributed by atoms with Gasteiger partial charge in [-0.2, -0.15) is 0 Å². The number of ketones is 1. The Hall–Kier alpha value is -0.493. The standard InChI is InChI=1S/C10H20O4Si/c1-5-10(12)9(3)14-15(4,8-7-11)13-6-2/h5,9,11H,1,6-8H2,2-4H3. The highest BCUT2D eigenvalue weighted by molar-refractivity contribution is 6.66. The Morgan fingerprint density at radius 3 is 2.67 bits per heavy atom. The average molecular weight is 232 g/mol. The summed E-state index contributed by atoms with van der Waals surface area (Å²) in [5.74, 6) is -0.161. The molecule has 0 radical (unpaired) electrons. The highest BCUT2D eigenvalue weighted by atomic mass is 28.4. The second-order valence-corrected chi connectivity index (χ2v) is 6.70. The van der Waals surface area contributed by atoms with Gasteiger partial charge in [-0.25, -0.2) is 0 Å². The molecule has 0 aliphatic carbocycles. The Kier molecular flexibility index (Phi) is 6.67. The van der Waals surface area contributed by atoms with E-state index in [1.54, 1.807) is 6.92 Å². The number of carbonyl (C=O) groups is 1. The molecule has 88 valence electrons. The van der Waals surface area contributed by atoms with Gasteiger partial charge in [-0.1, -0.05) is 6.58 Å². The van der Waals surface area contributed by atoms with Gasteiger partial charge in [0.05, 0.1) is 0 Å².